The molecule has 0 aromatic heterocycles. The maximum Gasteiger partial charge on any atom is 0.331 e. The fourth-order valence-corrected chi connectivity index (χ4v) is 1.10. The predicted octanol–water partition coefficient (Wildman–Crippen LogP) is 2.02. The van der Waals surface area contributed by atoms with E-state index in [0.29, 0.717) is 0 Å². The largest absolute Gasteiger partial charge is 0.458 e. The van der Waals surface area contributed by atoms with Gasteiger partial charge >= 0.3 is 11.9 Å². The van der Waals surface area contributed by atoms with Gasteiger partial charge in [0, 0.05) is 12.2 Å². The van der Waals surface area contributed by atoms with Gasteiger partial charge in [-0.3, -0.25) is 0 Å². The lowest BCUT2D eigenvalue weighted by Gasteiger charge is -2.01. The lowest BCUT2D eigenvalue weighted by molar-refractivity contribution is -0.140. The van der Waals surface area contributed by atoms with Gasteiger partial charge in [-0.05, 0) is 5.56 Å². The van der Waals surface area contributed by atoms with Crippen molar-refractivity contribution in [2.45, 2.75) is 6.61 Å². The Morgan fingerprint density at radius 2 is 1.67 bits per heavy atom. The van der Waals surface area contributed by atoms with Gasteiger partial charge in [0.25, 0.3) is 0 Å². The maximum atomic E-state index is 11.3. The molecule has 0 radical (unpaired) electrons. The number of rotatable bonds is 6. The van der Waals surface area contributed by atoms with Crippen molar-refractivity contribution in [2.24, 2.45) is 0 Å². The third-order valence-electron chi connectivity index (χ3n) is 1.92. The molecule has 0 amide bonds. The summed E-state index contributed by atoms with van der Waals surface area (Å²) in [7, 11) is 0. The fraction of sp³-hybridized carbons (Fsp3) is 0.143. The average Bonchev–Trinajstić information content (AvgIpc) is 2.41. The van der Waals surface area contributed by atoms with Crippen LogP contribution in [0.2, 0.25) is 0 Å². The number of carbonyl (C=O) groups is 2. The molecule has 0 fully saturated rings. The maximum absolute atomic E-state index is 11.3. The van der Waals surface area contributed by atoms with E-state index in [1.165, 1.54) is 6.08 Å². The van der Waals surface area contributed by atoms with Crippen LogP contribution in [-0.2, 0) is 25.7 Å². The highest BCUT2D eigenvalue weighted by Gasteiger charge is 2.00. The van der Waals surface area contributed by atoms with Crippen molar-refractivity contribution < 1.29 is 19.1 Å². The molecule has 18 heavy (non-hydrogen) atoms. The van der Waals surface area contributed by atoms with Crippen LogP contribution >= 0.6 is 0 Å². The molecular weight excluding hydrogens is 232 g/mol. The van der Waals surface area contributed by atoms with E-state index in [2.05, 4.69) is 11.3 Å². The van der Waals surface area contributed by atoms with Crippen LogP contribution in [0.1, 0.15) is 5.56 Å². The molecule has 0 heterocycles. The molecule has 0 atom stereocenters. The minimum absolute atomic E-state index is 0.113. The van der Waals surface area contributed by atoms with Crippen LogP contribution in [0.3, 0.4) is 0 Å². The second-order valence-corrected chi connectivity index (χ2v) is 3.35. The number of ether oxygens (including phenoxy) is 2. The van der Waals surface area contributed by atoms with Crippen LogP contribution in [0.4, 0.5) is 0 Å². The molecule has 1 aromatic carbocycles. The van der Waals surface area contributed by atoms with E-state index >= 15 is 0 Å². The van der Waals surface area contributed by atoms with Crippen molar-refractivity contribution in [3.8, 4) is 0 Å². The lowest BCUT2D eigenvalue weighted by Crippen LogP contribution is -2.04. The van der Waals surface area contributed by atoms with Crippen LogP contribution in [0.25, 0.3) is 0 Å². The minimum atomic E-state index is -0.605. The van der Waals surface area contributed by atoms with E-state index in [1.54, 1.807) is 0 Å². The molecule has 1 aromatic rings. The van der Waals surface area contributed by atoms with Gasteiger partial charge in [-0.15, -0.1) is 0 Å². The summed E-state index contributed by atoms with van der Waals surface area (Å²) in [6.07, 6.45) is 3.50. The van der Waals surface area contributed by atoms with Crippen molar-refractivity contribution in [3.63, 3.8) is 0 Å². The Hall–Kier alpha value is -2.36. The van der Waals surface area contributed by atoms with Gasteiger partial charge in [-0.2, -0.15) is 0 Å². The first-order valence-corrected chi connectivity index (χ1v) is 5.39. The van der Waals surface area contributed by atoms with Gasteiger partial charge in [0.2, 0.25) is 0 Å². The van der Waals surface area contributed by atoms with Crippen LogP contribution in [0.5, 0.6) is 0 Å². The average molecular weight is 246 g/mol. The van der Waals surface area contributed by atoms with Crippen molar-refractivity contribution in [1.29, 1.82) is 0 Å². The van der Waals surface area contributed by atoms with E-state index in [9.17, 15) is 9.59 Å². The van der Waals surface area contributed by atoms with E-state index in [-0.39, 0.29) is 13.2 Å². The Bertz CT molecular complexity index is 434. The molecule has 0 N–H and O–H groups in total. The number of benzene rings is 1. The predicted molar refractivity (Wildman–Crippen MR) is 66.5 cm³/mol. The highest BCUT2D eigenvalue weighted by atomic mass is 16.5. The summed E-state index contributed by atoms with van der Waals surface area (Å²) < 4.78 is 9.58. The normalized spacial score (nSPS) is 10.0. The summed E-state index contributed by atoms with van der Waals surface area (Å²) in [5.74, 6) is -1.19. The quantitative estimate of drug-likeness (QED) is 0.438. The molecule has 94 valence electrons. The highest BCUT2D eigenvalue weighted by molar-refractivity contribution is 5.91. The number of hydrogen-bond donors (Lipinski definition) is 0. The Morgan fingerprint density at radius 1 is 1.06 bits per heavy atom. The smallest absolute Gasteiger partial charge is 0.331 e. The number of carbonyl (C=O) groups excluding carboxylic acids is 2. The van der Waals surface area contributed by atoms with Gasteiger partial charge in [0.1, 0.15) is 13.2 Å². The number of hydrogen-bond acceptors (Lipinski definition) is 4. The van der Waals surface area contributed by atoms with Crippen LogP contribution in [-0.4, -0.2) is 18.5 Å². The second-order valence-electron chi connectivity index (χ2n) is 3.35. The van der Waals surface area contributed by atoms with E-state index in [0.717, 1.165) is 17.7 Å². The molecule has 0 aliphatic carbocycles. The summed E-state index contributed by atoms with van der Waals surface area (Å²) in [6, 6.07) is 9.27. The molecule has 1 rings (SSSR count). The van der Waals surface area contributed by atoms with Gasteiger partial charge in [0.05, 0.1) is 0 Å². The van der Waals surface area contributed by atoms with Crippen LogP contribution < -0.4 is 0 Å². The van der Waals surface area contributed by atoms with Crippen LogP contribution in [0, 0.1) is 0 Å². The van der Waals surface area contributed by atoms with E-state index in [4.69, 9.17) is 4.74 Å². The van der Waals surface area contributed by atoms with Gasteiger partial charge in [-0.25, -0.2) is 9.59 Å². The van der Waals surface area contributed by atoms with Gasteiger partial charge in [-0.1, -0.05) is 43.0 Å². The topological polar surface area (TPSA) is 52.6 Å². The molecule has 4 heteroatoms. The number of esters is 2. The third-order valence-corrected chi connectivity index (χ3v) is 1.92. The molecule has 0 saturated heterocycles. The summed E-state index contributed by atoms with van der Waals surface area (Å²) in [6.45, 7) is 3.68. The Balaban J connectivity index is 2.31. The van der Waals surface area contributed by atoms with Crippen molar-refractivity contribution >= 4 is 11.9 Å². The molecule has 0 saturated carbocycles. The first kappa shape index (κ1) is 13.7. The molecule has 0 spiro atoms. The third kappa shape index (κ3) is 5.65. The van der Waals surface area contributed by atoms with Gasteiger partial charge < -0.3 is 9.47 Å². The summed E-state index contributed by atoms with van der Waals surface area (Å²) in [4.78, 5) is 22.3. The monoisotopic (exact) mass is 246 g/mol. The Morgan fingerprint density at radius 3 is 2.28 bits per heavy atom. The minimum Gasteiger partial charge on any atom is -0.458 e. The van der Waals surface area contributed by atoms with Crippen molar-refractivity contribution in [1.82, 2.24) is 0 Å². The van der Waals surface area contributed by atoms with E-state index < -0.39 is 11.9 Å². The second kappa shape index (κ2) is 7.84. The highest BCUT2D eigenvalue weighted by Crippen LogP contribution is 2.00. The molecule has 0 unspecified atom stereocenters. The molecule has 0 aliphatic rings. The van der Waals surface area contributed by atoms with E-state index in [1.807, 2.05) is 30.3 Å². The molecule has 4 nitrogen and oxygen atoms in total. The summed E-state index contributed by atoms with van der Waals surface area (Å²) >= 11 is 0. The van der Waals surface area contributed by atoms with Crippen molar-refractivity contribution in [2.75, 3.05) is 6.61 Å². The Labute approximate surface area is 106 Å². The zero-order chi connectivity index (χ0) is 13.2. The van der Waals surface area contributed by atoms with Crippen LogP contribution in [0.15, 0.2) is 55.1 Å². The first-order chi connectivity index (χ1) is 8.72. The Kier molecular flexibility index (Phi) is 5.97. The summed E-state index contributed by atoms with van der Waals surface area (Å²) in [5, 5.41) is 0. The standard InChI is InChI=1S/C14H14O4/c1-2-10-17-13(15)8-9-14(16)18-11-12-6-4-3-5-7-12/h2-9H,1,10-11H2/b9-8+. The zero-order valence-corrected chi connectivity index (χ0v) is 9.87. The summed E-state index contributed by atoms with van der Waals surface area (Å²) in [5.41, 5.74) is 0.883. The fourth-order valence-electron chi connectivity index (χ4n) is 1.10. The lowest BCUT2D eigenvalue weighted by atomic mass is 10.2. The molecular formula is C14H14O4. The molecule has 0 aliphatic heterocycles. The van der Waals surface area contributed by atoms with Gasteiger partial charge in [0.15, 0.2) is 0 Å². The van der Waals surface area contributed by atoms with Crippen molar-refractivity contribution in [3.05, 3.63) is 60.7 Å². The molecule has 0 bridgehead atoms. The first-order valence-electron chi connectivity index (χ1n) is 5.39. The SMILES string of the molecule is C=CCOC(=O)/C=C/C(=O)OCc1ccccc1. The zero-order valence-electron chi connectivity index (χ0n) is 9.87.